The van der Waals surface area contributed by atoms with Gasteiger partial charge in [0.15, 0.2) is 0 Å². The molecule has 0 heterocycles. The normalized spacial score (nSPS) is 15.1. The van der Waals surface area contributed by atoms with Crippen molar-refractivity contribution in [2.75, 3.05) is 13.7 Å². The molecule has 0 fully saturated rings. The number of nitrogens with one attached hydrogen (secondary N) is 1. The van der Waals surface area contributed by atoms with Crippen molar-refractivity contribution in [3.05, 3.63) is 0 Å². The van der Waals surface area contributed by atoms with E-state index >= 15 is 0 Å². The van der Waals surface area contributed by atoms with Crippen molar-refractivity contribution in [2.24, 2.45) is 11.7 Å². The summed E-state index contributed by atoms with van der Waals surface area (Å²) >= 11 is 0. The van der Waals surface area contributed by atoms with Crippen LogP contribution in [-0.2, 0) is 9.53 Å². The maximum absolute atomic E-state index is 11.1. The summed E-state index contributed by atoms with van der Waals surface area (Å²) in [6, 6.07) is -0.0783. The predicted molar refractivity (Wildman–Crippen MR) is 66.1 cm³/mol. The number of carbonyl (C=O) groups excluding carboxylic acids is 1. The molecule has 4 nitrogen and oxygen atoms in total. The summed E-state index contributed by atoms with van der Waals surface area (Å²) in [6.07, 6.45) is 3.45. The molecule has 96 valence electrons. The zero-order valence-electron chi connectivity index (χ0n) is 11.0. The number of hydrogen-bond donors (Lipinski definition) is 2. The van der Waals surface area contributed by atoms with Gasteiger partial charge in [-0.1, -0.05) is 26.7 Å². The molecular weight excluding hydrogens is 204 g/mol. The first-order valence-corrected chi connectivity index (χ1v) is 6.01. The largest absolute Gasteiger partial charge is 0.383 e. The van der Waals surface area contributed by atoms with Crippen LogP contribution in [0.3, 0.4) is 0 Å². The fourth-order valence-corrected chi connectivity index (χ4v) is 1.64. The molecule has 0 aliphatic rings. The molecule has 0 saturated heterocycles. The van der Waals surface area contributed by atoms with Gasteiger partial charge in [0.1, 0.15) is 6.04 Å². The van der Waals surface area contributed by atoms with E-state index in [0.717, 1.165) is 12.3 Å². The lowest BCUT2D eigenvalue weighted by Gasteiger charge is -2.20. The van der Waals surface area contributed by atoms with E-state index in [1.807, 2.05) is 0 Å². The second-order valence-electron chi connectivity index (χ2n) is 4.80. The molecule has 0 spiro atoms. The summed E-state index contributed by atoms with van der Waals surface area (Å²) < 4.78 is 4.95. The Labute approximate surface area is 98.9 Å². The van der Waals surface area contributed by atoms with Crippen molar-refractivity contribution in [1.29, 1.82) is 0 Å². The Bertz CT molecular complexity index is 195. The quantitative estimate of drug-likeness (QED) is 0.627. The van der Waals surface area contributed by atoms with Crippen LogP contribution in [0.2, 0.25) is 0 Å². The lowest BCUT2D eigenvalue weighted by atomic mass is 10.0. The molecule has 0 aromatic carbocycles. The molecule has 2 unspecified atom stereocenters. The van der Waals surface area contributed by atoms with Crippen LogP contribution in [-0.4, -0.2) is 31.7 Å². The van der Waals surface area contributed by atoms with Gasteiger partial charge < -0.3 is 15.8 Å². The minimum absolute atomic E-state index is 0.298. The highest BCUT2D eigenvalue weighted by Crippen LogP contribution is 2.08. The minimum Gasteiger partial charge on any atom is -0.383 e. The van der Waals surface area contributed by atoms with E-state index in [2.05, 4.69) is 26.1 Å². The Hall–Kier alpha value is -0.610. The molecule has 0 aromatic heterocycles. The Morgan fingerprint density at radius 2 is 1.94 bits per heavy atom. The molecule has 0 rings (SSSR count). The van der Waals surface area contributed by atoms with Crippen LogP contribution in [0.25, 0.3) is 0 Å². The van der Waals surface area contributed by atoms with Gasteiger partial charge >= 0.3 is 0 Å². The van der Waals surface area contributed by atoms with E-state index in [1.54, 1.807) is 7.11 Å². The SMILES string of the molecule is COCC(NC(C)CCCC(C)C)C(N)=O. The third-order valence-corrected chi connectivity index (χ3v) is 2.58. The predicted octanol–water partition coefficient (Wildman–Crippen LogP) is 1.29. The fourth-order valence-electron chi connectivity index (χ4n) is 1.64. The first-order chi connectivity index (χ1) is 7.47. The molecular formula is C12H26N2O2. The van der Waals surface area contributed by atoms with E-state index in [-0.39, 0.29) is 11.9 Å². The van der Waals surface area contributed by atoms with Crippen molar-refractivity contribution in [3.63, 3.8) is 0 Å². The number of methoxy groups -OCH3 is 1. The third kappa shape index (κ3) is 7.65. The van der Waals surface area contributed by atoms with Gasteiger partial charge in [-0.3, -0.25) is 4.79 Å². The Kier molecular flexibility index (Phi) is 8.21. The summed E-state index contributed by atoms with van der Waals surface area (Å²) in [5.41, 5.74) is 5.27. The van der Waals surface area contributed by atoms with Crippen LogP contribution >= 0.6 is 0 Å². The number of nitrogens with two attached hydrogens (primary N) is 1. The highest BCUT2D eigenvalue weighted by Gasteiger charge is 2.16. The topological polar surface area (TPSA) is 64.3 Å². The Morgan fingerprint density at radius 3 is 2.38 bits per heavy atom. The zero-order chi connectivity index (χ0) is 12.6. The molecule has 0 aliphatic carbocycles. The van der Waals surface area contributed by atoms with E-state index < -0.39 is 0 Å². The summed E-state index contributed by atoms with van der Waals surface area (Å²) in [4.78, 5) is 11.1. The van der Waals surface area contributed by atoms with Crippen LogP contribution in [0.4, 0.5) is 0 Å². The van der Waals surface area contributed by atoms with Crippen molar-refractivity contribution in [3.8, 4) is 0 Å². The third-order valence-electron chi connectivity index (χ3n) is 2.58. The van der Waals surface area contributed by atoms with Gasteiger partial charge in [0.2, 0.25) is 5.91 Å². The number of hydrogen-bond acceptors (Lipinski definition) is 3. The fraction of sp³-hybridized carbons (Fsp3) is 0.917. The summed E-state index contributed by atoms with van der Waals surface area (Å²) in [7, 11) is 1.57. The van der Waals surface area contributed by atoms with Gasteiger partial charge in [-0.25, -0.2) is 0 Å². The molecule has 0 saturated carbocycles. The lowest BCUT2D eigenvalue weighted by molar-refractivity contribution is -0.121. The van der Waals surface area contributed by atoms with Crippen LogP contribution < -0.4 is 11.1 Å². The van der Waals surface area contributed by atoms with Crippen molar-refractivity contribution >= 4 is 5.91 Å². The van der Waals surface area contributed by atoms with E-state index in [4.69, 9.17) is 10.5 Å². The van der Waals surface area contributed by atoms with Crippen LogP contribution in [0.5, 0.6) is 0 Å². The molecule has 16 heavy (non-hydrogen) atoms. The standard InChI is InChI=1S/C12H26N2O2/c1-9(2)6-5-7-10(3)14-11(8-16-4)12(13)15/h9-11,14H,5-8H2,1-4H3,(H2,13,15). The van der Waals surface area contributed by atoms with Gasteiger partial charge in [-0.05, 0) is 19.3 Å². The van der Waals surface area contributed by atoms with Crippen LogP contribution in [0.15, 0.2) is 0 Å². The van der Waals surface area contributed by atoms with E-state index in [0.29, 0.717) is 12.6 Å². The number of amides is 1. The Balaban J connectivity index is 3.81. The number of primary amides is 1. The monoisotopic (exact) mass is 230 g/mol. The highest BCUT2D eigenvalue weighted by atomic mass is 16.5. The zero-order valence-corrected chi connectivity index (χ0v) is 11.0. The second-order valence-corrected chi connectivity index (χ2v) is 4.80. The molecule has 0 aromatic rings. The number of carbonyl (C=O) groups is 1. The van der Waals surface area contributed by atoms with Gasteiger partial charge in [-0.2, -0.15) is 0 Å². The molecule has 4 heteroatoms. The molecule has 0 bridgehead atoms. The average Bonchev–Trinajstić information content (AvgIpc) is 2.16. The van der Waals surface area contributed by atoms with Crippen molar-refractivity contribution in [1.82, 2.24) is 5.32 Å². The van der Waals surface area contributed by atoms with Gasteiger partial charge in [0, 0.05) is 13.2 Å². The Morgan fingerprint density at radius 1 is 1.31 bits per heavy atom. The second kappa shape index (κ2) is 8.53. The molecule has 2 atom stereocenters. The van der Waals surface area contributed by atoms with Crippen molar-refractivity contribution in [2.45, 2.75) is 52.1 Å². The molecule has 3 N–H and O–H groups in total. The van der Waals surface area contributed by atoms with Crippen molar-refractivity contribution < 1.29 is 9.53 Å². The first-order valence-electron chi connectivity index (χ1n) is 6.01. The number of ether oxygens (including phenoxy) is 1. The summed E-state index contributed by atoms with van der Waals surface area (Å²) in [6.45, 7) is 6.85. The van der Waals surface area contributed by atoms with E-state index in [9.17, 15) is 4.79 Å². The average molecular weight is 230 g/mol. The van der Waals surface area contributed by atoms with Crippen LogP contribution in [0.1, 0.15) is 40.0 Å². The summed E-state index contributed by atoms with van der Waals surface area (Å²) in [5, 5.41) is 3.19. The maximum atomic E-state index is 11.1. The van der Waals surface area contributed by atoms with Gasteiger partial charge in [-0.15, -0.1) is 0 Å². The number of rotatable bonds is 9. The maximum Gasteiger partial charge on any atom is 0.236 e. The molecule has 0 radical (unpaired) electrons. The van der Waals surface area contributed by atoms with Crippen LogP contribution in [0, 0.1) is 5.92 Å². The molecule has 1 amide bonds. The van der Waals surface area contributed by atoms with E-state index in [1.165, 1.54) is 12.8 Å². The first kappa shape index (κ1) is 15.4. The molecule has 0 aliphatic heterocycles. The van der Waals surface area contributed by atoms with Gasteiger partial charge in [0.05, 0.1) is 6.61 Å². The smallest absolute Gasteiger partial charge is 0.236 e. The lowest BCUT2D eigenvalue weighted by Crippen LogP contribution is -2.48. The minimum atomic E-state index is -0.376. The summed E-state index contributed by atoms with van der Waals surface area (Å²) in [5.74, 6) is 0.385. The highest BCUT2D eigenvalue weighted by molar-refractivity contribution is 5.80. The van der Waals surface area contributed by atoms with Gasteiger partial charge in [0.25, 0.3) is 0 Å².